The summed E-state index contributed by atoms with van der Waals surface area (Å²) in [5.41, 5.74) is 0.596. The van der Waals surface area contributed by atoms with E-state index in [0.29, 0.717) is 11.5 Å². The zero-order chi connectivity index (χ0) is 13.2. The van der Waals surface area contributed by atoms with Gasteiger partial charge in [0.2, 0.25) is 0 Å². The minimum Gasteiger partial charge on any atom is -0.374 e. The predicted molar refractivity (Wildman–Crippen MR) is 80.3 cm³/mol. The standard InChI is InChI=1S/C15H29NOS/c1-12(2)14(3,4)10-16-13-5-7-17-15(9-13)6-8-18-11-15/h12-13,16H,5-11H2,1-4H3. The van der Waals surface area contributed by atoms with Crippen molar-refractivity contribution in [1.82, 2.24) is 5.32 Å². The van der Waals surface area contributed by atoms with Gasteiger partial charge in [0.15, 0.2) is 0 Å². The third kappa shape index (κ3) is 3.43. The maximum atomic E-state index is 6.08. The number of rotatable bonds is 4. The summed E-state index contributed by atoms with van der Waals surface area (Å²) in [5.74, 6) is 3.21. The van der Waals surface area contributed by atoms with Crippen molar-refractivity contribution in [2.45, 2.75) is 58.6 Å². The largest absolute Gasteiger partial charge is 0.374 e. The van der Waals surface area contributed by atoms with E-state index in [1.807, 2.05) is 0 Å². The van der Waals surface area contributed by atoms with Crippen molar-refractivity contribution in [2.75, 3.05) is 24.7 Å². The lowest BCUT2D eigenvalue weighted by molar-refractivity contribution is -0.0712. The summed E-state index contributed by atoms with van der Waals surface area (Å²) < 4.78 is 6.08. The fraction of sp³-hybridized carbons (Fsp3) is 1.00. The molecule has 2 fully saturated rings. The van der Waals surface area contributed by atoms with Crippen LogP contribution >= 0.6 is 11.8 Å². The molecule has 0 aromatic carbocycles. The minimum atomic E-state index is 0.211. The number of hydrogen-bond acceptors (Lipinski definition) is 3. The number of hydrogen-bond donors (Lipinski definition) is 1. The Morgan fingerprint density at radius 1 is 1.44 bits per heavy atom. The van der Waals surface area contributed by atoms with Gasteiger partial charge in [-0.2, -0.15) is 11.8 Å². The van der Waals surface area contributed by atoms with Crippen LogP contribution in [0.25, 0.3) is 0 Å². The zero-order valence-electron chi connectivity index (χ0n) is 12.4. The van der Waals surface area contributed by atoms with Gasteiger partial charge in [0.05, 0.1) is 5.60 Å². The first-order chi connectivity index (χ1) is 8.44. The third-order valence-corrected chi connectivity index (χ3v) is 6.19. The minimum absolute atomic E-state index is 0.211. The van der Waals surface area contributed by atoms with Crippen LogP contribution in [0.15, 0.2) is 0 Å². The number of thioether (sulfide) groups is 1. The quantitative estimate of drug-likeness (QED) is 0.847. The molecular formula is C15H29NOS. The lowest BCUT2D eigenvalue weighted by Crippen LogP contribution is -2.49. The molecular weight excluding hydrogens is 242 g/mol. The summed E-state index contributed by atoms with van der Waals surface area (Å²) in [4.78, 5) is 0. The first-order valence-corrected chi connectivity index (χ1v) is 8.54. The first kappa shape index (κ1) is 14.7. The monoisotopic (exact) mass is 271 g/mol. The van der Waals surface area contributed by atoms with E-state index in [9.17, 15) is 0 Å². The summed E-state index contributed by atoms with van der Waals surface area (Å²) >= 11 is 2.06. The molecule has 1 spiro atoms. The van der Waals surface area contributed by atoms with E-state index < -0.39 is 0 Å². The zero-order valence-corrected chi connectivity index (χ0v) is 13.2. The summed E-state index contributed by atoms with van der Waals surface area (Å²) in [6, 6.07) is 0.662. The molecule has 0 bridgehead atoms. The average molecular weight is 271 g/mol. The Hall–Kier alpha value is 0.270. The van der Waals surface area contributed by atoms with Gasteiger partial charge in [0.25, 0.3) is 0 Å². The van der Waals surface area contributed by atoms with Gasteiger partial charge in [-0.25, -0.2) is 0 Å². The highest BCUT2D eigenvalue weighted by Gasteiger charge is 2.40. The number of ether oxygens (including phenoxy) is 1. The van der Waals surface area contributed by atoms with Gasteiger partial charge in [-0.1, -0.05) is 27.7 Å². The van der Waals surface area contributed by atoms with Crippen LogP contribution in [0.5, 0.6) is 0 Å². The second kappa shape index (κ2) is 5.72. The highest BCUT2D eigenvalue weighted by Crippen LogP contribution is 2.38. The van der Waals surface area contributed by atoms with Gasteiger partial charge in [0.1, 0.15) is 0 Å². The molecule has 2 saturated heterocycles. The second-order valence-corrected chi connectivity index (χ2v) is 8.15. The van der Waals surface area contributed by atoms with Crippen LogP contribution in [0.4, 0.5) is 0 Å². The molecule has 2 aliphatic heterocycles. The Morgan fingerprint density at radius 3 is 2.83 bits per heavy atom. The van der Waals surface area contributed by atoms with E-state index in [1.54, 1.807) is 0 Å². The molecule has 2 aliphatic rings. The molecule has 3 heteroatoms. The summed E-state index contributed by atoms with van der Waals surface area (Å²) in [5, 5.41) is 3.81. The molecule has 0 saturated carbocycles. The van der Waals surface area contributed by atoms with Crippen molar-refractivity contribution in [3.8, 4) is 0 Å². The molecule has 1 N–H and O–H groups in total. The van der Waals surface area contributed by atoms with Gasteiger partial charge < -0.3 is 10.1 Å². The maximum absolute atomic E-state index is 6.08. The molecule has 2 rings (SSSR count). The fourth-order valence-electron chi connectivity index (χ4n) is 2.68. The SMILES string of the molecule is CC(C)C(C)(C)CNC1CCOC2(CCSC2)C1. The molecule has 2 unspecified atom stereocenters. The van der Waals surface area contributed by atoms with E-state index in [2.05, 4.69) is 44.8 Å². The van der Waals surface area contributed by atoms with Crippen LogP contribution < -0.4 is 5.32 Å². The Labute approximate surface area is 117 Å². The van der Waals surface area contributed by atoms with Crippen LogP contribution in [-0.4, -0.2) is 36.3 Å². The van der Waals surface area contributed by atoms with Crippen LogP contribution in [0.2, 0.25) is 0 Å². The third-order valence-electron chi connectivity index (χ3n) is 4.97. The summed E-state index contributed by atoms with van der Waals surface area (Å²) in [6.07, 6.45) is 3.65. The van der Waals surface area contributed by atoms with Crippen molar-refractivity contribution in [1.29, 1.82) is 0 Å². The van der Waals surface area contributed by atoms with E-state index in [4.69, 9.17) is 4.74 Å². The number of nitrogens with one attached hydrogen (secondary N) is 1. The lowest BCUT2D eigenvalue weighted by atomic mass is 9.80. The molecule has 2 heterocycles. The van der Waals surface area contributed by atoms with Crippen molar-refractivity contribution in [3.63, 3.8) is 0 Å². The molecule has 0 aliphatic carbocycles. The summed E-state index contributed by atoms with van der Waals surface area (Å²) in [7, 11) is 0. The first-order valence-electron chi connectivity index (χ1n) is 7.39. The fourth-order valence-corrected chi connectivity index (χ4v) is 4.06. The molecule has 2 atom stereocenters. The van der Waals surface area contributed by atoms with Crippen LogP contribution in [0, 0.1) is 11.3 Å². The normalized spacial score (nSPS) is 33.5. The van der Waals surface area contributed by atoms with Crippen LogP contribution in [0.3, 0.4) is 0 Å². The molecule has 0 aromatic rings. The Balaban J connectivity index is 1.83. The van der Waals surface area contributed by atoms with Gasteiger partial charge in [-0.3, -0.25) is 0 Å². The summed E-state index contributed by atoms with van der Waals surface area (Å²) in [6.45, 7) is 11.4. The van der Waals surface area contributed by atoms with Gasteiger partial charge in [-0.05, 0) is 36.3 Å². The van der Waals surface area contributed by atoms with Gasteiger partial charge in [-0.15, -0.1) is 0 Å². The lowest BCUT2D eigenvalue weighted by Gasteiger charge is -2.40. The average Bonchev–Trinajstić information content (AvgIpc) is 2.75. The molecule has 0 amide bonds. The molecule has 18 heavy (non-hydrogen) atoms. The highest BCUT2D eigenvalue weighted by atomic mass is 32.2. The van der Waals surface area contributed by atoms with Crippen LogP contribution in [0.1, 0.15) is 47.0 Å². The molecule has 0 radical (unpaired) electrons. The predicted octanol–water partition coefficient (Wildman–Crippen LogP) is 3.31. The van der Waals surface area contributed by atoms with Crippen molar-refractivity contribution >= 4 is 11.8 Å². The van der Waals surface area contributed by atoms with Crippen molar-refractivity contribution in [3.05, 3.63) is 0 Å². The Bertz CT molecular complexity index is 272. The van der Waals surface area contributed by atoms with Gasteiger partial charge >= 0.3 is 0 Å². The van der Waals surface area contributed by atoms with Gasteiger partial charge in [0, 0.05) is 24.9 Å². The van der Waals surface area contributed by atoms with E-state index in [0.717, 1.165) is 19.1 Å². The van der Waals surface area contributed by atoms with E-state index in [1.165, 1.54) is 30.8 Å². The smallest absolute Gasteiger partial charge is 0.0795 e. The Morgan fingerprint density at radius 2 is 2.22 bits per heavy atom. The van der Waals surface area contributed by atoms with E-state index >= 15 is 0 Å². The van der Waals surface area contributed by atoms with Crippen molar-refractivity contribution < 1.29 is 4.74 Å². The molecule has 0 aromatic heterocycles. The molecule has 106 valence electrons. The van der Waals surface area contributed by atoms with Crippen LogP contribution in [-0.2, 0) is 4.74 Å². The Kier molecular flexibility index (Phi) is 4.66. The van der Waals surface area contributed by atoms with E-state index in [-0.39, 0.29) is 5.60 Å². The highest BCUT2D eigenvalue weighted by molar-refractivity contribution is 7.99. The molecule has 2 nitrogen and oxygen atoms in total. The topological polar surface area (TPSA) is 21.3 Å². The van der Waals surface area contributed by atoms with Crippen molar-refractivity contribution in [2.24, 2.45) is 11.3 Å². The maximum Gasteiger partial charge on any atom is 0.0795 e. The second-order valence-electron chi connectivity index (χ2n) is 7.05.